The Morgan fingerprint density at radius 1 is 1.00 bits per heavy atom. The van der Waals surface area contributed by atoms with Crippen LogP contribution in [0.25, 0.3) is 0 Å². The van der Waals surface area contributed by atoms with E-state index < -0.39 is 0 Å². The van der Waals surface area contributed by atoms with Crippen molar-refractivity contribution >= 4 is 46.1 Å². The Balaban J connectivity index is 2.25. The Hall–Kier alpha value is -1.36. The van der Waals surface area contributed by atoms with Gasteiger partial charge in [0, 0.05) is 32.7 Å². The molecule has 0 saturated carbocycles. The molecular formula is C16H31N7OS2. The lowest BCUT2D eigenvalue weighted by Crippen LogP contribution is -2.43. The summed E-state index contributed by atoms with van der Waals surface area (Å²) in [5.41, 5.74) is 7.10. The molecule has 0 atom stereocenters. The van der Waals surface area contributed by atoms with Crippen molar-refractivity contribution in [3.63, 3.8) is 0 Å². The maximum Gasteiger partial charge on any atom is 0.187 e. The van der Waals surface area contributed by atoms with Crippen LogP contribution < -0.4 is 21.5 Å². The fourth-order valence-corrected chi connectivity index (χ4v) is 2.24. The monoisotopic (exact) mass is 401 g/mol. The molecule has 1 aliphatic rings. The van der Waals surface area contributed by atoms with Crippen LogP contribution in [-0.2, 0) is 4.74 Å². The lowest BCUT2D eigenvalue weighted by Gasteiger charge is -2.26. The number of nitrogens with one attached hydrogen (secondary N) is 4. The SMILES string of the molecule is CC(=N/NC(=S)NCCN1CCOCC1)/C(C)=N\NC(=S)NCC(C)C. The van der Waals surface area contributed by atoms with Gasteiger partial charge in [0.2, 0.25) is 0 Å². The summed E-state index contributed by atoms with van der Waals surface area (Å²) in [6.07, 6.45) is 0. The Labute approximate surface area is 167 Å². The fraction of sp³-hybridized carbons (Fsp3) is 0.750. The third kappa shape index (κ3) is 10.6. The van der Waals surface area contributed by atoms with Gasteiger partial charge in [-0.05, 0) is 44.2 Å². The first-order chi connectivity index (χ1) is 12.4. The number of nitrogens with zero attached hydrogens (tertiary/aromatic N) is 3. The second-order valence-electron chi connectivity index (χ2n) is 6.43. The van der Waals surface area contributed by atoms with Gasteiger partial charge in [0.25, 0.3) is 0 Å². The third-order valence-electron chi connectivity index (χ3n) is 3.66. The van der Waals surface area contributed by atoms with E-state index in [9.17, 15) is 0 Å². The summed E-state index contributed by atoms with van der Waals surface area (Å²) >= 11 is 10.4. The van der Waals surface area contributed by atoms with Crippen molar-refractivity contribution in [1.29, 1.82) is 0 Å². The van der Waals surface area contributed by atoms with E-state index in [2.05, 4.69) is 50.4 Å². The minimum atomic E-state index is 0.493. The summed E-state index contributed by atoms with van der Waals surface area (Å²) in [4.78, 5) is 2.34. The van der Waals surface area contributed by atoms with Crippen LogP contribution in [-0.4, -0.2) is 72.5 Å². The molecule has 0 unspecified atom stereocenters. The van der Waals surface area contributed by atoms with Gasteiger partial charge in [0.05, 0.1) is 24.6 Å². The molecule has 0 bridgehead atoms. The maximum atomic E-state index is 5.33. The van der Waals surface area contributed by atoms with E-state index in [4.69, 9.17) is 29.2 Å². The zero-order valence-electron chi connectivity index (χ0n) is 16.1. The first-order valence-corrected chi connectivity index (χ1v) is 9.67. The highest BCUT2D eigenvalue weighted by atomic mass is 32.1. The van der Waals surface area contributed by atoms with Crippen molar-refractivity contribution in [2.45, 2.75) is 27.7 Å². The predicted molar refractivity (Wildman–Crippen MR) is 116 cm³/mol. The van der Waals surface area contributed by atoms with E-state index in [1.54, 1.807) is 0 Å². The zero-order valence-corrected chi connectivity index (χ0v) is 17.7. The van der Waals surface area contributed by atoms with Gasteiger partial charge in [-0.25, -0.2) is 0 Å². The summed E-state index contributed by atoms with van der Waals surface area (Å²) in [6.45, 7) is 14.0. The summed E-state index contributed by atoms with van der Waals surface area (Å²) in [7, 11) is 0. The quantitative estimate of drug-likeness (QED) is 0.268. The number of thiocarbonyl (C=S) groups is 2. The van der Waals surface area contributed by atoms with Gasteiger partial charge in [0.15, 0.2) is 10.2 Å². The lowest BCUT2D eigenvalue weighted by atomic mass is 10.2. The number of rotatable bonds is 8. The molecule has 26 heavy (non-hydrogen) atoms. The Bertz CT molecular complexity index is 517. The molecule has 1 saturated heterocycles. The minimum absolute atomic E-state index is 0.493. The summed E-state index contributed by atoms with van der Waals surface area (Å²) in [6, 6.07) is 0. The van der Waals surface area contributed by atoms with Crippen LogP contribution in [0, 0.1) is 5.92 Å². The lowest BCUT2D eigenvalue weighted by molar-refractivity contribution is 0.0389. The molecular weight excluding hydrogens is 370 g/mol. The Morgan fingerprint density at radius 2 is 1.54 bits per heavy atom. The van der Waals surface area contributed by atoms with Crippen molar-refractivity contribution in [3.8, 4) is 0 Å². The molecule has 1 aliphatic heterocycles. The zero-order chi connectivity index (χ0) is 19.4. The molecule has 1 heterocycles. The van der Waals surface area contributed by atoms with Crippen molar-refractivity contribution in [1.82, 2.24) is 26.4 Å². The van der Waals surface area contributed by atoms with Crippen LogP contribution in [0.15, 0.2) is 10.2 Å². The number of hydrogen-bond donors (Lipinski definition) is 4. The number of morpholine rings is 1. The van der Waals surface area contributed by atoms with Gasteiger partial charge in [-0.15, -0.1) is 0 Å². The van der Waals surface area contributed by atoms with Crippen LogP contribution in [0.4, 0.5) is 0 Å². The minimum Gasteiger partial charge on any atom is -0.379 e. The first-order valence-electron chi connectivity index (χ1n) is 8.85. The molecule has 0 aliphatic carbocycles. The Morgan fingerprint density at radius 3 is 2.08 bits per heavy atom. The van der Waals surface area contributed by atoms with Gasteiger partial charge in [-0.2, -0.15) is 10.2 Å². The molecule has 10 heteroatoms. The van der Waals surface area contributed by atoms with E-state index in [1.165, 1.54) is 0 Å². The van der Waals surface area contributed by atoms with Gasteiger partial charge in [-0.3, -0.25) is 15.8 Å². The van der Waals surface area contributed by atoms with Gasteiger partial charge >= 0.3 is 0 Å². The van der Waals surface area contributed by atoms with E-state index in [0.717, 1.165) is 57.4 Å². The third-order valence-corrected chi connectivity index (χ3v) is 4.13. The highest BCUT2D eigenvalue weighted by molar-refractivity contribution is 7.80. The second kappa shape index (κ2) is 12.9. The standard InChI is InChI=1S/C16H31N7OS2/c1-12(2)11-18-16(26)22-20-14(4)13(3)19-21-15(25)17-5-6-23-7-9-24-10-8-23/h12H,5-11H2,1-4H3,(H2,17,21,25)(H2,18,22,26)/b19-13-,20-14-. The van der Waals surface area contributed by atoms with E-state index in [1.807, 2.05) is 13.8 Å². The second-order valence-corrected chi connectivity index (χ2v) is 7.25. The summed E-state index contributed by atoms with van der Waals surface area (Å²) in [5.74, 6) is 0.518. The predicted octanol–water partition coefficient (Wildman–Crippen LogP) is 0.655. The number of ether oxygens (including phenoxy) is 1. The average Bonchev–Trinajstić information content (AvgIpc) is 2.63. The van der Waals surface area contributed by atoms with Crippen LogP contribution >= 0.6 is 24.4 Å². The highest BCUT2D eigenvalue weighted by Crippen LogP contribution is 1.94. The molecule has 0 radical (unpaired) electrons. The molecule has 0 aromatic rings. The molecule has 148 valence electrons. The highest BCUT2D eigenvalue weighted by Gasteiger charge is 2.09. The fourth-order valence-electron chi connectivity index (χ4n) is 1.96. The normalized spacial score (nSPS) is 16.3. The number of hydrazone groups is 2. The molecule has 0 aromatic carbocycles. The van der Waals surface area contributed by atoms with Gasteiger partial charge < -0.3 is 15.4 Å². The van der Waals surface area contributed by atoms with Crippen LogP contribution in [0.5, 0.6) is 0 Å². The number of hydrogen-bond acceptors (Lipinski definition) is 6. The van der Waals surface area contributed by atoms with Crippen LogP contribution in [0.3, 0.4) is 0 Å². The van der Waals surface area contributed by atoms with Gasteiger partial charge in [-0.1, -0.05) is 13.8 Å². The molecule has 1 fully saturated rings. The maximum absolute atomic E-state index is 5.33. The smallest absolute Gasteiger partial charge is 0.187 e. The van der Waals surface area contributed by atoms with Crippen molar-refractivity contribution < 1.29 is 4.74 Å². The molecule has 4 N–H and O–H groups in total. The molecule has 0 amide bonds. The van der Waals surface area contributed by atoms with Crippen molar-refractivity contribution in [3.05, 3.63) is 0 Å². The molecule has 8 nitrogen and oxygen atoms in total. The van der Waals surface area contributed by atoms with E-state index in [0.29, 0.717) is 16.1 Å². The average molecular weight is 402 g/mol. The van der Waals surface area contributed by atoms with Crippen molar-refractivity contribution in [2.75, 3.05) is 45.9 Å². The van der Waals surface area contributed by atoms with E-state index in [-0.39, 0.29) is 0 Å². The molecule has 0 aromatic heterocycles. The van der Waals surface area contributed by atoms with Crippen molar-refractivity contribution in [2.24, 2.45) is 16.1 Å². The van der Waals surface area contributed by atoms with Crippen LogP contribution in [0.2, 0.25) is 0 Å². The largest absolute Gasteiger partial charge is 0.379 e. The Kier molecular flexibility index (Phi) is 11.3. The molecule has 1 rings (SSSR count). The molecule has 0 spiro atoms. The summed E-state index contributed by atoms with van der Waals surface area (Å²) < 4.78 is 5.33. The topological polar surface area (TPSA) is 85.3 Å². The summed E-state index contributed by atoms with van der Waals surface area (Å²) in [5, 5.41) is 15.7. The van der Waals surface area contributed by atoms with Crippen LogP contribution in [0.1, 0.15) is 27.7 Å². The van der Waals surface area contributed by atoms with E-state index >= 15 is 0 Å². The van der Waals surface area contributed by atoms with Gasteiger partial charge in [0.1, 0.15) is 0 Å². The first kappa shape index (κ1) is 22.7.